The molecule has 19 heavy (non-hydrogen) atoms. The molecular weight excluding hydrogens is 252 g/mol. The van der Waals surface area contributed by atoms with E-state index in [9.17, 15) is 0 Å². The lowest BCUT2D eigenvalue weighted by Crippen LogP contribution is -2.23. The van der Waals surface area contributed by atoms with Crippen molar-refractivity contribution in [2.75, 3.05) is 13.1 Å². The molecule has 0 aromatic carbocycles. The van der Waals surface area contributed by atoms with Crippen molar-refractivity contribution in [1.82, 2.24) is 10.2 Å². The van der Waals surface area contributed by atoms with E-state index in [-0.39, 0.29) is 0 Å². The molecule has 1 aromatic rings. The fourth-order valence-electron chi connectivity index (χ4n) is 2.61. The second-order valence-electron chi connectivity index (χ2n) is 6.22. The minimum absolute atomic E-state index is 0.567. The third-order valence-electron chi connectivity index (χ3n) is 3.89. The summed E-state index contributed by atoms with van der Waals surface area (Å²) in [6, 6.07) is 5.17. The average Bonchev–Trinajstić information content (AvgIpc) is 2.71. The van der Waals surface area contributed by atoms with Gasteiger partial charge < -0.3 is 5.32 Å². The Balaban J connectivity index is 1.82. The maximum absolute atomic E-state index is 3.49. The zero-order chi connectivity index (χ0) is 13.7. The quantitative estimate of drug-likeness (QED) is 0.881. The van der Waals surface area contributed by atoms with Gasteiger partial charge in [0.2, 0.25) is 0 Å². The van der Waals surface area contributed by atoms with Gasteiger partial charge in [-0.3, -0.25) is 4.90 Å². The molecule has 1 N–H and O–H groups in total. The summed E-state index contributed by atoms with van der Waals surface area (Å²) in [6.45, 7) is 11.5. The Morgan fingerprint density at radius 1 is 1.26 bits per heavy atom. The van der Waals surface area contributed by atoms with E-state index in [4.69, 9.17) is 0 Å². The van der Waals surface area contributed by atoms with Gasteiger partial charge in [0.1, 0.15) is 0 Å². The maximum Gasteiger partial charge on any atom is 0.0328 e. The van der Waals surface area contributed by atoms with E-state index >= 15 is 0 Å². The normalized spacial score (nSPS) is 21.8. The Kier molecular flexibility index (Phi) is 5.86. The molecule has 2 rings (SSSR count). The van der Waals surface area contributed by atoms with Crippen molar-refractivity contribution in [2.24, 2.45) is 5.92 Å². The highest BCUT2D eigenvalue weighted by Gasteiger charge is 2.14. The van der Waals surface area contributed by atoms with Crippen LogP contribution >= 0.6 is 11.3 Å². The average molecular weight is 280 g/mol. The summed E-state index contributed by atoms with van der Waals surface area (Å²) in [4.78, 5) is 5.62. The van der Waals surface area contributed by atoms with E-state index in [1.165, 1.54) is 42.1 Å². The summed E-state index contributed by atoms with van der Waals surface area (Å²) < 4.78 is 0. The Bertz CT molecular complexity index is 373. The second-order valence-corrected chi connectivity index (χ2v) is 7.47. The highest BCUT2D eigenvalue weighted by Crippen LogP contribution is 2.22. The van der Waals surface area contributed by atoms with Gasteiger partial charge in [0.15, 0.2) is 0 Å². The molecule has 1 aliphatic rings. The van der Waals surface area contributed by atoms with Gasteiger partial charge in [-0.2, -0.15) is 0 Å². The number of hydrogen-bond donors (Lipinski definition) is 1. The van der Waals surface area contributed by atoms with Crippen LogP contribution in [0.3, 0.4) is 0 Å². The van der Waals surface area contributed by atoms with Crippen LogP contribution in [-0.2, 0) is 13.1 Å². The summed E-state index contributed by atoms with van der Waals surface area (Å²) in [5.74, 6) is 0.916. The number of thiophene rings is 1. The van der Waals surface area contributed by atoms with Gasteiger partial charge in [-0.15, -0.1) is 11.3 Å². The standard InChI is InChI=1S/C16H28N2S/c1-13(2)17-11-15-6-7-16(19-15)12-18-9-4-5-14(3)8-10-18/h6-7,13-14,17H,4-5,8-12H2,1-3H3. The van der Waals surface area contributed by atoms with Crippen LogP contribution in [0.15, 0.2) is 12.1 Å². The van der Waals surface area contributed by atoms with Crippen molar-refractivity contribution in [2.45, 2.75) is 59.2 Å². The van der Waals surface area contributed by atoms with Crippen molar-refractivity contribution in [3.8, 4) is 0 Å². The van der Waals surface area contributed by atoms with E-state index in [2.05, 4.69) is 43.1 Å². The maximum atomic E-state index is 3.49. The van der Waals surface area contributed by atoms with Crippen LogP contribution in [0.5, 0.6) is 0 Å². The van der Waals surface area contributed by atoms with Crippen LogP contribution in [0, 0.1) is 5.92 Å². The Hall–Kier alpha value is -0.380. The molecule has 0 aliphatic carbocycles. The van der Waals surface area contributed by atoms with Crippen LogP contribution in [0.1, 0.15) is 49.8 Å². The Labute approximate surface area is 122 Å². The summed E-state index contributed by atoms with van der Waals surface area (Å²) >= 11 is 1.97. The van der Waals surface area contributed by atoms with Crippen LogP contribution in [0.4, 0.5) is 0 Å². The monoisotopic (exact) mass is 280 g/mol. The van der Waals surface area contributed by atoms with Crippen molar-refractivity contribution in [3.63, 3.8) is 0 Å². The molecule has 0 saturated carbocycles. The first-order chi connectivity index (χ1) is 9.13. The van der Waals surface area contributed by atoms with Crippen LogP contribution in [0.25, 0.3) is 0 Å². The van der Waals surface area contributed by atoms with Crippen molar-refractivity contribution in [3.05, 3.63) is 21.9 Å². The third-order valence-corrected chi connectivity index (χ3v) is 4.96. The zero-order valence-electron chi connectivity index (χ0n) is 12.6. The van der Waals surface area contributed by atoms with Crippen LogP contribution < -0.4 is 5.32 Å². The molecule has 3 heteroatoms. The van der Waals surface area contributed by atoms with Gasteiger partial charge in [-0.1, -0.05) is 20.8 Å². The highest BCUT2D eigenvalue weighted by molar-refractivity contribution is 7.11. The molecule has 1 aliphatic heterocycles. The van der Waals surface area contributed by atoms with E-state index in [1.807, 2.05) is 11.3 Å². The molecule has 108 valence electrons. The second kappa shape index (κ2) is 7.41. The molecule has 0 amide bonds. The number of nitrogens with zero attached hydrogens (tertiary/aromatic N) is 1. The first kappa shape index (κ1) is 15.0. The highest BCUT2D eigenvalue weighted by atomic mass is 32.1. The molecule has 0 radical (unpaired) electrons. The summed E-state index contributed by atoms with van der Waals surface area (Å²) in [5.41, 5.74) is 0. The van der Waals surface area contributed by atoms with Crippen molar-refractivity contribution < 1.29 is 0 Å². The fourth-order valence-corrected chi connectivity index (χ4v) is 3.62. The number of hydrogen-bond acceptors (Lipinski definition) is 3. The number of rotatable bonds is 5. The van der Waals surface area contributed by atoms with Gasteiger partial charge in [-0.05, 0) is 50.4 Å². The lowest BCUT2D eigenvalue weighted by atomic mass is 10.0. The van der Waals surface area contributed by atoms with Crippen molar-refractivity contribution >= 4 is 11.3 Å². The van der Waals surface area contributed by atoms with E-state index < -0.39 is 0 Å². The van der Waals surface area contributed by atoms with Gasteiger partial charge in [-0.25, -0.2) is 0 Å². The predicted octanol–water partition coefficient (Wildman–Crippen LogP) is 3.87. The molecule has 2 nitrogen and oxygen atoms in total. The van der Waals surface area contributed by atoms with Gasteiger partial charge in [0.25, 0.3) is 0 Å². The first-order valence-electron chi connectivity index (χ1n) is 7.67. The summed E-state index contributed by atoms with van der Waals surface area (Å²) in [6.07, 6.45) is 4.14. The minimum Gasteiger partial charge on any atom is -0.310 e. The smallest absolute Gasteiger partial charge is 0.0328 e. The number of nitrogens with one attached hydrogen (secondary N) is 1. The Morgan fingerprint density at radius 3 is 2.84 bits per heavy atom. The third kappa shape index (κ3) is 5.25. The van der Waals surface area contributed by atoms with E-state index in [0.29, 0.717) is 6.04 Å². The van der Waals surface area contributed by atoms with E-state index in [1.54, 1.807) is 0 Å². The zero-order valence-corrected chi connectivity index (χ0v) is 13.4. The topological polar surface area (TPSA) is 15.3 Å². The fraction of sp³-hybridized carbons (Fsp3) is 0.750. The molecule has 1 saturated heterocycles. The van der Waals surface area contributed by atoms with Crippen LogP contribution in [0.2, 0.25) is 0 Å². The first-order valence-corrected chi connectivity index (χ1v) is 8.48. The van der Waals surface area contributed by atoms with Gasteiger partial charge in [0, 0.05) is 28.9 Å². The molecule has 1 aromatic heterocycles. The predicted molar refractivity (Wildman–Crippen MR) is 84.6 cm³/mol. The van der Waals surface area contributed by atoms with Crippen molar-refractivity contribution in [1.29, 1.82) is 0 Å². The SMILES string of the molecule is CC1CCCN(Cc2ccc(CNC(C)C)s2)CC1. The molecule has 0 bridgehead atoms. The minimum atomic E-state index is 0.567. The summed E-state index contributed by atoms with van der Waals surface area (Å²) in [7, 11) is 0. The van der Waals surface area contributed by atoms with Crippen LogP contribution in [-0.4, -0.2) is 24.0 Å². The lowest BCUT2D eigenvalue weighted by Gasteiger charge is -2.18. The Morgan fingerprint density at radius 2 is 2.05 bits per heavy atom. The van der Waals surface area contributed by atoms with Gasteiger partial charge >= 0.3 is 0 Å². The molecule has 1 atom stereocenters. The summed E-state index contributed by atoms with van der Waals surface area (Å²) in [5, 5.41) is 3.49. The van der Waals surface area contributed by atoms with Gasteiger partial charge in [0.05, 0.1) is 0 Å². The molecule has 0 spiro atoms. The molecular formula is C16H28N2S. The lowest BCUT2D eigenvalue weighted by molar-refractivity contribution is 0.276. The molecule has 2 heterocycles. The molecule has 1 fully saturated rings. The molecule has 1 unspecified atom stereocenters. The van der Waals surface area contributed by atoms with E-state index in [0.717, 1.165) is 19.0 Å². The number of likely N-dealkylation sites (tertiary alicyclic amines) is 1. The largest absolute Gasteiger partial charge is 0.310 e.